The Kier molecular flexibility index (Phi) is 62.6. The summed E-state index contributed by atoms with van der Waals surface area (Å²) in [5, 5.41) is 0. The van der Waals surface area contributed by atoms with E-state index in [1.165, 1.54) is 276 Å². The van der Waals surface area contributed by atoms with Crippen molar-refractivity contribution < 1.29 is 28.6 Å². The number of carbonyl (C=O) groups excluding carboxylic acids is 3. The van der Waals surface area contributed by atoms with Crippen molar-refractivity contribution in [2.75, 3.05) is 13.2 Å². The summed E-state index contributed by atoms with van der Waals surface area (Å²) in [5.41, 5.74) is 0. The van der Waals surface area contributed by atoms with Gasteiger partial charge in [-0.1, -0.05) is 315 Å². The highest BCUT2D eigenvalue weighted by Crippen LogP contribution is 2.18. The number of unbranched alkanes of at least 4 members (excludes halogenated alkanes) is 48. The standard InChI is InChI=1S/C69H130O6/c1-4-7-10-13-16-19-22-25-28-31-33-34-35-37-38-41-44-47-50-53-56-59-62-68(71)74-65-66(64-73-67(70)61-58-55-52-49-46-43-40-30-27-24-21-18-15-12-9-6-3)75-69(72)63-60-57-54-51-48-45-42-39-36-32-29-26-23-20-17-14-11-8-5-2/h26,29-30,40,66H,4-25,27-28,31-39,41-65H2,1-3H3/b29-26-,40-30-. The summed E-state index contributed by atoms with van der Waals surface area (Å²) in [7, 11) is 0. The maximum absolute atomic E-state index is 12.9. The Morgan fingerprint density at radius 2 is 0.440 bits per heavy atom. The quantitative estimate of drug-likeness (QED) is 0.0261. The maximum atomic E-state index is 12.9. The van der Waals surface area contributed by atoms with E-state index in [2.05, 4.69) is 45.1 Å². The van der Waals surface area contributed by atoms with Crippen LogP contribution in [-0.2, 0) is 28.6 Å². The average Bonchev–Trinajstić information content (AvgIpc) is 3.41. The predicted molar refractivity (Wildman–Crippen MR) is 326 cm³/mol. The molecule has 0 saturated carbocycles. The van der Waals surface area contributed by atoms with E-state index in [4.69, 9.17) is 14.2 Å². The second-order valence-corrected chi connectivity index (χ2v) is 23.1. The van der Waals surface area contributed by atoms with Crippen LogP contribution in [0.2, 0.25) is 0 Å². The highest BCUT2D eigenvalue weighted by Gasteiger charge is 2.19. The van der Waals surface area contributed by atoms with Crippen molar-refractivity contribution in [1.29, 1.82) is 0 Å². The molecule has 0 aromatic heterocycles. The molecular formula is C69H130O6. The van der Waals surface area contributed by atoms with E-state index in [1.807, 2.05) is 0 Å². The predicted octanol–water partition coefficient (Wildman–Crippen LogP) is 23.0. The van der Waals surface area contributed by atoms with Gasteiger partial charge in [0.25, 0.3) is 0 Å². The molecule has 0 heterocycles. The normalized spacial score (nSPS) is 12.1. The lowest BCUT2D eigenvalue weighted by Crippen LogP contribution is -2.30. The molecule has 0 aromatic carbocycles. The molecule has 442 valence electrons. The molecule has 6 nitrogen and oxygen atoms in total. The lowest BCUT2D eigenvalue weighted by Gasteiger charge is -2.18. The molecule has 0 N–H and O–H groups in total. The Morgan fingerprint density at radius 1 is 0.253 bits per heavy atom. The van der Waals surface area contributed by atoms with E-state index in [9.17, 15) is 14.4 Å². The van der Waals surface area contributed by atoms with Crippen LogP contribution in [-0.4, -0.2) is 37.2 Å². The second-order valence-electron chi connectivity index (χ2n) is 23.1. The molecule has 0 bridgehead atoms. The van der Waals surface area contributed by atoms with Gasteiger partial charge in [-0.05, 0) is 70.6 Å². The lowest BCUT2D eigenvalue weighted by atomic mass is 10.0. The molecular weight excluding hydrogens is 925 g/mol. The molecule has 6 heteroatoms. The number of esters is 3. The molecule has 0 fully saturated rings. The zero-order valence-electron chi connectivity index (χ0n) is 50.8. The molecule has 75 heavy (non-hydrogen) atoms. The van der Waals surface area contributed by atoms with Crippen LogP contribution in [0, 0.1) is 0 Å². The molecule has 0 aliphatic carbocycles. The molecule has 0 radical (unpaired) electrons. The first kappa shape index (κ1) is 72.9. The number of hydrogen-bond acceptors (Lipinski definition) is 6. The number of allylic oxidation sites excluding steroid dienone is 4. The highest BCUT2D eigenvalue weighted by atomic mass is 16.6. The molecule has 0 aromatic rings. The summed E-state index contributed by atoms with van der Waals surface area (Å²) in [6.45, 7) is 6.70. The van der Waals surface area contributed by atoms with Gasteiger partial charge in [0.15, 0.2) is 6.10 Å². The van der Waals surface area contributed by atoms with Gasteiger partial charge in [-0.15, -0.1) is 0 Å². The molecule has 1 unspecified atom stereocenters. The van der Waals surface area contributed by atoms with E-state index >= 15 is 0 Å². The summed E-state index contributed by atoms with van der Waals surface area (Å²) in [6.07, 6.45) is 77.6. The van der Waals surface area contributed by atoms with Gasteiger partial charge in [0.2, 0.25) is 0 Å². The van der Waals surface area contributed by atoms with Crippen molar-refractivity contribution in [3.05, 3.63) is 24.3 Å². The minimum atomic E-state index is -0.774. The minimum absolute atomic E-state index is 0.0693. The van der Waals surface area contributed by atoms with Crippen LogP contribution in [0.3, 0.4) is 0 Å². The Hall–Kier alpha value is -2.11. The fourth-order valence-electron chi connectivity index (χ4n) is 10.3. The Balaban J connectivity index is 4.30. The van der Waals surface area contributed by atoms with Gasteiger partial charge in [-0.2, -0.15) is 0 Å². The first-order valence-corrected chi connectivity index (χ1v) is 33.8. The summed E-state index contributed by atoms with van der Waals surface area (Å²) in [6, 6.07) is 0. The third kappa shape index (κ3) is 62.6. The first-order chi connectivity index (χ1) is 37.0. The van der Waals surface area contributed by atoms with Gasteiger partial charge < -0.3 is 14.2 Å². The van der Waals surface area contributed by atoms with Crippen LogP contribution in [0.5, 0.6) is 0 Å². The average molecular weight is 1060 g/mol. The van der Waals surface area contributed by atoms with Crippen molar-refractivity contribution >= 4 is 17.9 Å². The second kappa shape index (κ2) is 64.4. The third-order valence-electron chi connectivity index (χ3n) is 15.4. The van der Waals surface area contributed by atoms with Gasteiger partial charge in [0.1, 0.15) is 13.2 Å². The fraction of sp³-hybridized carbons (Fsp3) is 0.899. The Morgan fingerprint density at radius 3 is 0.667 bits per heavy atom. The fourth-order valence-corrected chi connectivity index (χ4v) is 10.3. The largest absolute Gasteiger partial charge is 0.462 e. The van der Waals surface area contributed by atoms with Crippen molar-refractivity contribution in [1.82, 2.24) is 0 Å². The van der Waals surface area contributed by atoms with Gasteiger partial charge in [-0.25, -0.2) is 0 Å². The van der Waals surface area contributed by atoms with E-state index in [1.54, 1.807) is 0 Å². The first-order valence-electron chi connectivity index (χ1n) is 33.8. The molecule has 0 saturated heterocycles. The van der Waals surface area contributed by atoms with Gasteiger partial charge >= 0.3 is 17.9 Å². The molecule has 0 spiro atoms. The van der Waals surface area contributed by atoms with Crippen LogP contribution in [0.1, 0.15) is 380 Å². The highest BCUT2D eigenvalue weighted by molar-refractivity contribution is 5.71. The molecule has 1 atom stereocenters. The van der Waals surface area contributed by atoms with Crippen LogP contribution in [0.15, 0.2) is 24.3 Å². The number of rotatable bonds is 63. The molecule has 0 aliphatic heterocycles. The Bertz CT molecular complexity index is 1210. The van der Waals surface area contributed by atoms with Crippen LogP contribution < -0.4 is 0 Å². The zero-order chi connectivity index (χ0) is 54.3. The summed E-state index contributed by atoms with van der Waals surface area (Å²) in [4.78, 5) is 38.4. The van der Waals surface area contributed by atoms with Crippen LogP contribution in [0.25, 0.3) is 0 Å². The van der Waals surface area contributed by atoms with Gasteiger partial charge in [0, 0.05) is 19.3 Å². The van der Waals surface area contributed by atoms with Gasteiger partial charge in [-0.3, -0.25) is 14.4 Å². The van der Waals surface area contributed by atoms with Crippen molar-refractivity contribution in [2.24, 2.45) is 0 Å². The van der Waals surface area contributed by atoms with Crippen molar-refractivity contribution in [3.8, 4) is 0 Å². The van der Waals surface area contributed by atoms with E-state index in [0.29, 0.717) is 19.3 Å². The molecule has 0 amide bonds. The van der Waals surface area contributed by atoms with E-state index in [-0.39, 0.29) is 31.1 Å². The van der Waals surface area contributed by atoms with Crippen LogP contribution in [0.4, 0.5) is 0 Å². The zero-order valence-corrected chi connectivity index (χ0v) is 50.8. The van der Waals surface area contributed by atoms with E-state index < -0.39 is 6.10 Å². The van der Waals surface area contributed by atoms with Crippen molar-refractivity contribution in [2.45, 2.75) is 386 Å². The van der Waals surface area contributed by atoms with Gasteiger partial charge in [0.05, 0.1) is 0 Å². The molecule has 0 rings (SSSR count). The van der Waals surface area contributed by atoms with Crippen molar-refractivity contribution in [3.63, 3.8) is 0 Å². The molecule has 0 aliphatic rings. The monoisotopic (exact) mass is 1050 g/mol. The Labute approximate surface area is 468 Å². The maximum Gasteiger partial charge on any atom is 0.306 e. The summed E-state index contributed by atoms with van der Waals surface area (Å²) in [5.74, 6) is -0.851. The summed E-state index contributed by atoms with van der Waals surface area (Å²) < 4.78 is 17.0. The smallest absolute Gasteiger partial charge is 0.306 e. The third-order valence-corrected chi connectivity index (χ3v) is 15.4. The number of ether oxygens (including phenoxy) is 3. The topological polar surface area (TPSA) is 78.9 Å². The lowest BCUT2D eigenvalue weighted by molar-refractivity contribution is -0.167. The number of carbonyl (C=O) groups is 3. The SMILES string of the molecule is CCCCCCCC/C=C\CCCCCCCCCCCC(=O)OC(COC(=O)CCCCCCC/C=C\CCCCCCCCC)COC(=O)CCCCCCCCCCCCCCCCCCCCCCCC. The number of hydrogen-bond donors (Lipinski definition) is 0. The minimum Gasteiger partial charge on any atom is -0.462 e. The van der Waals surface area contributed by atoms with Crippen LogP contribution >= 0.6 is 0 Å². The summed E-state index contributed by atoms with van der Waals surface area (Å²) >= 11 is 0. The van der Waals surface area contributed by atoms with E-state index in [0.717, 1.165) is 64.2 Å².